The molecule has 1 aliphatic rings. The molecule has 1 saturated heterocycles. The molecule has 3 aromatic rings. The molecule has 0 bridgehead atoms. The standard InChI is InChI=1S/C19H15N3O2S/c23-19-20(16-10-4-1-5-11-16)22(24,18-14-8-3-9-15-18)25-21(19)17-12-6-2-7-13-17/h1-15H. The smallest absolute Gasteiger partial charge is 0.389 e. The minimum Gasteiger partial charge on any atom is -0.587 e. The van der Waals surface area contributed by atoms with Gasteiger partial charge in [0.1, 0.15) is 5.69 Å². The maximum atomic E-state index is 13.8. The average Bonchev–Trinajstić information content (AvgIpc) is 2.96. The monoisotopic (exact) mass is 349 g/mol. The molecule has 6 heteroatoms. The van der Waals surface area contributed by atoms with Gasteiger partial charge in [-0.25, -0.2) is 4.79 Å². The number of amides is 2. The fourth-order valence-corrected chi connectivity index (χ4v) is 3.75. The van der Waals surface area contributed by atoms with Crippen LogP contribution in [0.1, 0.15) is 0 Å². The van der Waals surface area contributed by atoms with Gasteiger partial charge >= 0.3 is 6.03 Å². The summed E-state index contributed by atoms with van der Waals surface area (Å²) in [5.74, 6) is 0. The summed E-state index contributed by atoms with van der Waals surface area (Å²) < 4.78 is 0.478. The summed E-state index contributed by atoms with van der Waals surface area (Å²) in [5, 5.41) is 15.1. The lowest BCUT2D eigenvalue weighted by Gasteiger charge is -2.37. The quantitative estimate of drug-likeness (QED) is 0.375. The van der Waals surface area contributed by atoms with Gasteiger partial charge in [-0.1, -0.05) is 54.6 Å². The normalized spacial score (nSPS) is 20.1. The molecule has 1 heterocycles. The predicted octanol–water partition coefficient (Wildman–Crippen LogP) is 5.12. The Morgan fingerprint density at radius 3 is 1.76 bits per heavy atom. The number of benzene rings is 3. The van der Waals surface area contributed by atoms with E-state index >= 15 is 0 Å². The van der Waals surface area contributed by atoms with E-state index < -0.39 is 4.16 Å². The van der Waals surface area contributed by atoms with E-state index in [1.165, 1.54) is 9.31 Å². The van der Waals surface area contributed by atoms with Crippen LogP contribution in [0.3, 0.4) is 0 Å². The summed E-state index contributed by atoms with van der Waals surface area (Å²) in [6, 6.07) is 26.7. The highest BCUT2D eigenvalue weighted by molar-refractivity contribution is 8.01. The van der Waals surface area contributed by atoms with E-state index in [1.54, 1.807) is 36.4 Å². The lowest BCUT2D eigenvalue weighted by molar-refractivity contribution is 0.252. The van der Waals surface area contributed by atoms with Crippen LogP contribution < -0.4 is 13.5 Å². The van der Waals surface area contributed by atoms with Crippen molar-refractivity contribution in [2.24, 2.45) is 0 Å². The Balaban J connectivity index is 1.85. The predicted molar refractivity (Wildman–Crippen MR) is 102 cm³/mol. The van der Waals surface area contributed by atoms with Gasteiger partial charge in [-0.05, 0) is 24.3 Å². The largest absolute Gasteiger partial charge is 0.587 e. The Morgan fingerprint density at radius 1 is 0.720 bits per heavy atom. The molecular formula is C19H15N3O2S. The molecule has 0 aromatic heterocycles. The van der Waals surface area contributed by atoms with Crippen LogP contribution in [0.5, 0.6) is 0 Å². The van der Waals surface area contributed by atoms with Crippen molar-refractivity contribution in [1.29, 1.82) is 0 Å². The Labute approximate surface area is 150 Å². The molecule has 1 fully saturated rings. The maximum Gasteiger partial charge on any atom is 0.389 e. The van der Waals surface area contributed by atoms with E-state index in [0.717, 1.165) is 12.1 Å². The zero-order chi connectivity index (χ0) is 17.3. The highest BCUT2D eigenvalue weighted by Crippen LogP contribution is 2.46. The van der Waals surface area contributed by atoms with Crippen molar-refractivity contribution in [2.45, 2.75) is 0 Å². The number of quaternary nitrogens is 1. The van der Waals surface area contributed by atoms with Gasteiger partial charge in [0.05, 0.1) is 5.69 Å². The van der Waals surface area contributed by atoms with Gasteiger partial charge < -0.3 is 5.21 Å². The maximum absolute atomic E-state index is 13.8. The van der Waals surface area contributed by atoms with Gasteiger partial charge in [0.25, 0.3) is 0 Å². The number of nitrogens with zero attached hydrogens (tertiary/aromatic N) is 3. The third-order valence-electron chi connectivity index (χ3n) is 3.88. The molecule has 0 N–H and O–H groups in total. The fraction of sp³-hybridized carbons (Fsp3) is 0. The molecule has 5 nitrogen and oxygen atoms in total. The van der Waals surface area contributed by atoms with Crippen molar-refractivity contribution in [3.8, 4) is 0 Å². The molecule has 25 heavy (non-hydrogen) atoms. The third-order valence-corrected chi connectivity index (χ3v) is 5.01. The first-order valence-corrected chi connectivity index (χ1v) is 8.53. The minimum absolute atomic E-state index is 0.374. The summed E-state index contributed by atoms with van der Waals surface area (Å²) in [7, 11) is 0. The molecule has 1 atom stereocenters. The summed E-state index contributed by atoms with van der Waals surface area (Å²) in [6.07, 6.45) is 0. The summed E-state index contributed by atoms with van der Waals surface area (Å²) in [5.41, 5.74) is 1.70. The lowest BCUT2D eigenvalue weighted by Crippen LogP contribution is -2.50. The van der Waals surface area contributed by atoms with E-state index in [0.29, 0.717) is 17.1 Å². The van der Waals surface area contributed by atoms with Crippen molar-refractivity contribution < 1.29 is 4.79 Å². The number of urea groups is 1. The molecule has 1 aliphatic heterocycles. The van der Waals surface area contributed by atoms with E-state index in [9.17, 15) is 10.0 Å². The third kappa shape index (κ3) is 2.66. The van der Waals surface area contributed by atoms with Crippen molar-refractivity contribution >= 4 is 35.2 Å². The van der Waals surface area contributed by atoms with Crippen LogP contribution in [0.2, 0.25) is 0 Å². The van der Waals surface area contributed by atoms with Crippen LogP contribution in [0, 0.1) is 5.21 Å². The number of anilines is 2. The van der Waals surface area contributed by atoms with Gasteiger partial charge in [-0.2, -0.15) is 4.31 Å². The van der Waals surface area contributed by atoms with E-state index in [1.807, 2.05) is 54.6 Å². The zero-order valence-corrected chi connectivity index (χ0v) is 14.0. The Bertz CT molecular complexity index is 877. The van der Waals surface area contributed by atoms with Crippen molar-refractivity contribution in [1.82, 2.24) is 4.16 Å². The van der Waals surface area contributed by atoms with Crippen LogP contribution in [-0.4, -0.2) is 6.03 Å². The molecule has 0 aliphatic carbocycles. The molecule has 2 amide bonds. The second kappa shape index (κ2) is 6.25. The lowest BCUT2D eigenvalue weighted by atomic mass is 10.3. The highest BCUT2D eigenvalue weighted by atomic mass is 32.2. The van der Waals surface area contributed by atoms with Gasteiger partial charge in [0.15, 0.2) is 5.69 Å². The number of hydrogen-bond acceptors (Lipinski definition) is 3. The van der Waals surface area contributed by atoms with E-state index in [4.69, 9.17) is 0 Å². The Hall–Kier alpha value is -2.80. The molecule has 3 aromatic carbocycles. The first-order valence-electron chi connectivity index (χ1n) is 7.80. The zero-order valence-electron chi connectivity index (χ0n) is 13.2. The van der Waals surface area contributed by atoms with E-state index in [2.05, 4.69) is 0 Å². The average molecular weight is 349 g/mol. The van der Waals surface area contributed by atoms with Crippen LogP contribution >= 0.6 is 12.1 Å². The topological polar surface area (TPSA) is 46.6 Å². The molecule has 4 rings (SSSR count). The molecule has 0 spiro atoms. The second-order valence-corrected chi connectivity index (χ2v) is 6.52. The molecular weight excluding hydrogens is 334 g/mol. The first kappa shape index (κ1) is 15.7. The highest BCUT2D eigenvalue weighted by Gasteiger charge is 2.51. The molecule has 1 unspecified atom stereocenters. The Morgan fingerprint density at radius 2 is 1.20 bits per heavy atom. The van der Waals surface area contributed by atoms with Gasteiger partial charge in [0, 0.05) is 12.1 Å². The van der Waals surface area contributed by atoms with Gasteiger partial charge in [-0.3, -0.25) is 0 Å². The summed E-state index contributed by atoms with van der Waals surface area (Å²) in [6.45, 7) is 0. The fourth-order valence-electron chi connectivity index (χ4n) is 2.71. The molecule has 0 saturated carbocycles. The number of carbonyl (C=O) groups is 1. The van der Waals surface area contributed by atoms with Crippen molar-refractivity contribution in [3.05, 3.63) is 96.2 Å². The van der Waals surface area contributed by atoms with Crippen molar-refractivity contribution in [2.75, 3.05) is 9.31 Å². The Kier molecular flexibility index (Phi) is 3.93. The molecule has 0 radical (unpaired) electrons. The number of rotatable bonds is 3. The van der Waals surface area contributed by atoms with Crippen LogP contribution in [0.15, 0.2) is 91.0 Å². The van der Waals surface area contributed by atoms with E-state index in [-0.39, 0.29) is 6.03 Å². The number of hydrogen-bond donors (Lipinski definition) is 0. The van der Waals surface area contributed by atoms with Gasteiger partial charge in [-0.15, -0.1) is 9.17 Å². The van der Waals surface area contributed by atoms with Crippen LogP contribution in [0.4, 0.5) is 21.9 Å². The van der Waals surface area contributed by atoms with Crippen LogP contribution in [-0.2, 0) is 0 Å². The number of carbonyl (C=O) groups excluding carboxylic acids is 1. The second-order valence-electron chi connectivity index (χ2n) is 5.50. The molecule has 124 valence electrons. The SMILES string of the molecule is O=C1N(c2ccccc2)S[N+]([O-])(c2ccccc2)N1c1ccccc1. The summed E-state index contributed by atoms with van der Waals surface area (Å²) >= 11 is 0.922. The minimum atomic E-state index is -0.960. The van der Waals surface area contributed by atoms with Gasteiger partial charge in [0.2, 0.25) is 12.1 Å². The van der Waals surface area contributed by atoms with Crippen molar-refractivity contribution in [3.63, 3.8) is 0 Å². The number of para-hydroxylation sites is 2. The summed E-state index contributed by atoms with van der Waals surface area (Å²) in [4.78, 5) is 13.1. The first-order chi connectivity index (χ1) is 12.2. The van der Waals surface area contributed by atoms with Crippen LogP contribution in [0.25, 0.3) is 0 Å².